The van der Waals surface area contributed by atoms with Crippen molar-refractivity contribution in [3.63, 3.8) is 0 Å². The van der Waals surface area contributed by atoms with E-state index in [-0.39, 0.29) is 0 Å². The normalized spacial score (nSPS) is 22.9. The number of rotatable bonds is 4. The number of methoxy groups -OCH3 is 1. The molecule has 2 heteroatoms. The summed E-state index contributed by atoms with van der Waals surface area (Å²) in [4.78, 5) is 2.28. The van der Waals surface area contributed by atoms with Gasteiger partial charge >= 0.3 is 0 Å². The van der Waals surface area contributed by atoms with Crippen molar-refractivity contribution >= 4 is 0 Å². The third-order valence-corrected chi connectivity index (χ3v) is 4.25. The van der Waals surface area contributed by atoms with Crippen LogP contribution in [0.3, 0.4) is 0 Å². The SMILES string of the molecule is COc1ccc2c(c1)[C@@](C)(CCN(C)C)CCC2. The predicted molar refractivity (Wildman–Crippen MR) is 76.5 cm³/mol. The van der Waals surface area contributed by atoms with E-state index in [4.69, 9.17) is 4.74 Å². The largest absolute Gasteiger partial charge is 0.497 e. The molecule has 0 N–H and O–H groups in total. The van der Waals surface area contributed by atoms with Crippen molar-refractivity contribution in [2.75, 3.05) is 27.7 Å². The van der Waals surface area contributed by atoms with Crippen LogP contribution in [0.15, 0.2) is 18.2 Å². The highest BCUT2D eigenvalue weighted by Gasteiger charge is 2.32. The molecular formula is C16H25NO. The van der Waals surface area contributed by atoms with E-state index in [0.717, 1.165) is 12.3 Å². The molecular weight excluding hydrogens is 222 g/mol. The zero-order valence-electron chi connectivity index (χ0n) is 12.1. The number of hydrogen-bond acceptors (Lipinski definition) is 2. The number of fused-ring (bicyclic) bond motifs is 1. The van der Waals surface area contributed by atoms with Gasteiger partial charge in [-0.1, -0.05) is 13.0 Å². The second kappa shape index (κ2) is 5.31. The van der Waals surface area contributed by atoms with Gasteiger partial charge < -0.3 is 9.64 Å². The molecule has 0 spiro atoms. The molecule has 0 aromatic heterocycles. The van der Waals surface area contributed by atoms with Gasteiger partial charge in [0.15, 0.2) is 0 Å². The number of ether oxygens (including phenoxy) is 1. The van der Waals surface area contributed by atoms with E-state index in [2.05, 4.69) is 44.1 Å². The van der Waals surface area contributed by atoms with E-state index in [1.165, 1.54) is 36.8 Å². The van der Waals surface area contributed by atoms with Crippen molar-refractivity contribution in [2.24, 2.45) is 0 Å². The maximum Gasteiger partial charge on any atom is 0.119 e. The van der Waals surface area contributed by atoms with Crippen molar-refractivity contribution in [2.45, 2.75) is 38.0 Å². The molecule has 18 heavy (non-hydrogen) atoms. The number of aryl methyl sites for hydroxylation is 1. The maximum absolute atomic E-state index is 5.39. The lowest BCUT2D eigenvalue weighted by Crippen LogP contribution is -2.31. The summed E-state index contributed by atoms with van der Waals surface area (Å²) in [6, 6.07) is 6.60. The molecule has 100 valence electrons. The van der Waals surface area contributed by atoms with Crippen LogP contribution in [-0.2, 0) is 11.8 Å². The quantitative estimate of drug-likeness (QED) is 0.810. The number of benzene rings is 1. The topological polar surface area (TPSA) is 12.5 Å². The minimum absolute atomic E-state index is 0.312. The molecule has 0 bridgehead atoms. The lowest BCUT2D eigenvalue weighted by molar-refractivity contribution is 0.299. The Morgan fingerprint density at radius 2 is 2.11 bits per heavy atom. The Balaban J connectivity index is 2.29. The summed E-state index contributed by atoms with van der Waals surface area (Å²) in [5.74, 6) is 0.992. The Morgan fingerprint density at radius 3 is 2.78 bits per heavy atom. The van der Waals surface area contributed by atoms with Crippen LogP contribution >= 0.6 is 0 Å². The fourth-order valence-electron chi connectivity index (χ4n) is 3.00. The summed E-state index contributed by atoms with van der Waals surface area (Å²) in [5.41, 5.74) is 3.34. The van der Waals surface area contributed by atoms with E-state index in [1.807, 2.05) is 0 Å². The van der Waals surface area contributed by atoms with Crippen LogP contribution in [0.4, 0.5) is 0 Å². The molecule has 1 aliphatic carbocycles. The van der Waals surface area contributed by atoms with Gasteiger partial charge in [-0.15, -0.1) is 0 Å². The van der Waals surface area contributed by atoms with Gasteiger partial charge in [0.05, 0.1) is 7.11 Å². The van der Waals surface area contributed by atoms with Crippen LogP contribution in [0, 0.1) is 0 Å². The average molecular weight is 247 g/mol. The first-order chi connectivity index (χ1) is 8.55. The summed E-state index contributed by atoms with van der Waals surface area (Å²) in [6.07, 6.45) is 5.04. The molecule has 0 radical (unpaired) electrons. The molecule has 1 aromatic carbocycles. The summed E-state index contributed by atoms with van der Waals surface area (Å²) in [6.45, 7) is 3.56. The predicted octanol–water partition coefficient (Wildman–Crippen LogP) is 3.24. The Morgan fingerprint density at radius 1 is 1.33 bits per heavy atom. The van der Waals surface area contributed by atoms with Crippen LogP contribution in [0.25, 0.3) is 0 Å². The molecule has 0 fully saturated rings. The minimum atomic E-state index is 0.312. The summed E-state index contributed by atoms with van der Waals surface area (Å²) in [7, 11) is 6.05. The van der Waals surface area contributed by atoms with Crippen LogP contribution in [-0.4, -0.2) is 32.6 Å². The fraction of sp³-hybridized carbons (Fsp3) is 0.625. The first kappa shape index (κ1) is 13.4. The molecule has 0 aliphatic heterocycles. The first-order valence-electron chi connectivity index (χ1n) is 6.87. The standard InChI is InChI=1S/C16H25NO/c1-16(10-11-17(2)3)9-5-6-13-7-8-14(18-4)12-15(13)16/h7-8,12H,5-6,9-11H2,1-4H3/t16-/m1/s1. The second-order valence-corrected chi connectivity index (χ2v) is 5.99. The van der Waals surface area contributed by atoms with Crippen molar-refractivity contribution in [1.82, 2.24) is 4.90 Å². The van der Waals surface area contributed by atoms with Gasteiger partial charge in [0.1, 0.15) is 5.75 Å². The van der Waals surface area contributed by atoms with E-state index in [1.54, 1.807) is 7.11 Å². The third kappa shape index (κ3) is 2.69. The first-order valence-corrected chi connectivity index (χ1v) is 6.87. The second-order valence-electron chi connectivity index (χ2n) is 5.99. The van der Waals surface area contributed by atoms with Crippen LogP contribution < -0.4 is 4.74 Å². The average Bonchev–Trinajstić information content (AvgIpc) is 2.37. The molecule has 0 saturated carbocycles. The van der Waals surface area contributed by atoms with Crippen molar-refractivity contribution in [3.8, 4) is 5.75 Å². The molecule has 0 heterocycles. The lowest BCUT2D eigenvalue weighted by Gasteiger charge is -2.37. The highest BCUT2D eigenvalue weighted by molar-refractivity contribution is 5.42. The van der Waals surface area contributed by atoms with E-state index < -0.39 is 0 Å². The third-order valence-electron chi connectivity index (χ3n) is 4.25. The van der Waals surface area contributed by atoms with Crippen LogP contribution in [0.2, 0.25) is 0 Å². The molecule has 1 atom stereocenters. The van der Waals surface area contributed by atoms with E-state index >= 15 is 0 Å². The highest BCUT2D eigenvalue weighted by atomic mass is 16.5. The van der Waals surface area contributed by atoms with Crippen molar-refractivity contribution in [1.29, 1.82) is 0 Å². The van der Waals surface area contributed by atoms with E-state index in [9.17, 15) is 0 Å². The molecule has 1 aromatic rings. The summed E-state index contributed by atoms with van der Waals surface area (Å²) < 4.78 is 5.39. The number of hydrogen-bond donors (Lipinski definition) is 0. The highest BCUT2D eigenvalue weighted by Crippen LogP contribution is 2.41. The molecule has 2 nitrogen and oxygen atoms in total. The zero-order valence-corrected chi connectivity index (χ0v) is 12.1. The molecule has 0 unspecified atom stereocenters. The summed E-state index contributed by atoms with van der Waals surface area (Å²) in [5, 5.41) is 0. The Bertz CT molecular complexity index is 414. The number of nitrogens with zero attached hydrogens (tertiary/aromatic N) is 1. The van der Waals surface area contributed by atoms with Gasteiger partial charge in [-0.2, -0.15) is 0 Å². The van der Waals surface area contributed by atoms with Gasteiger partial charge in [0.2, 0.25) is 0 Å². The van der Waals surface area contributed by atoms with Gasteiger partial charge in [-0.25, -0.2) is 0 Å². The zero-order chi connectivity index (χ0) is 13.2. The van der Waals surface area contributed by atoms with E-state index in [0.29, 0.717) is 5.41 Å². The van der Waals surface area contributed by atoms with Gasteiger partial charge in [-0.3, -0.25) is 0 Å². The van der Waals surface area contributed by atoms with Crippen LogP contribution in [0.5, 0.6) is 5.75 Å². The molecule has 1 aliphatic rings. The maximum atomic E-state index is 5.39. The van der Waals surface area contributed by atoms with Crippen LogP contribution in [0.1, 0.15) is 37.3 Å². The Labute approximate surface area is 111 Å². The Kier molecular flexibility index (Phi) is 3.96. The Hall–Kier alpha value is -1.02. The fourth-order valence-corrected chi connectivity index (χ4v) is 3.00. The molecule has 0 amide bonds. The monoisotopic (exact) mass is 247 g/mol. The summed E-state index contributed by atoms with van der Waals surface area (Å²) >= 11 is 0. The molecule has 0 saturated heterocycles. The minimum Gasteiger partial charge on any atom is -0.497 e. The van der Waals surface area contributed by atoms with Gasteiger partial charge in [-0.05, 0) is 75.0 Å². The molecule has 2 rings (SSSR count). The van der Waals surface area contributed by atoms with Crippen molar-refractivity contribution in [3.05, 3.63) is 29.3 Å². The lowest BCUT2D eigenvalue weighted by atomic mass is 9.69. The smallest absolute Gasteiger partial charge is 0.119 e. The van der Waals surface area contributed by atoms with Crippen molar-refractivity contribution < 1.29 is 4.74 Å². The van der Waals surface area contributed by atoms with Gasteiger partial charge in [0.25, 0.3) is 0 Å². The van der Waals surface area contributed by atoms with Gasteiger partial charge in [0, 0.05) is 0 Å².